The summed E-state index contributed by atoms with van der Waals surface area (Å²) in [6.45, 7) is 7.08. The third kappa shape index (κ3) is 5.38. The van der Waals surface area contributed by atoms with Crippen molar-refractivity contribution in [1.29, 1.82) is 0 Å². The summed E-state index contributed by atoms with van der Waals surface area (Å²) in [7, 11) is 0. The molecule has 3 heterocycles. The lowest BCUT2D eigenvalue weighted by atomic mass is 9.98. The zero-order valence-electron chi connectivity index (χ0n) is 20.9. The number of benzene rings is 2. The van der Waals surface area contributed by atoms with Crippen molar-refractivity contribution in [2.24, 2.45) is 0 Å². The van der Waals surface area contributed by atoms with Gasteiger partial charge >= 0.3 is 6.09 Å². The van der Waals surface area contributed by atoms with Gasteiger partial charge in [-0.2, -0.15) is 0 Å². The number of piperidine rings is 1. The number of carbonyl (C=O) groups is 1. The molecule has 1 saturated heterocycles. The summed E-state index contributed by atoms with van der Waals surface area (Å²) in [6, 6.07) is 13.8. The monoisotopic (exact) mass is 566 g/mol. The van der Waals surface area contributed by atoms with Crippen LogP contribution in [0.2, 0.25) is 0 Å². The van der Waals surface area contributed by atoms with Crippen molar-refractivity contribution >= 4 is 38.9 Å². The number of carbonyl (C=O) groups excluding carboxylic acids is 1. The van der Waals surface area contributed by atoms with Crippen molar-refractivity contribution in [3.8, 4) is 22.5 Å². The zero-order chi connectivity index (χ0) is 26.2. The minimum Gasteiger partial charge on any atom is -0.443 e. The number of nitrogens with one attached hydrogen (secondary N) is 1. The van der Waals surface area contributed by atoms with Gasteiger partial charge in [-0.15, -0.1) is 0 Å². The molecule has 2 aromatic carbocycles. The third-order valence-corrected chi connectivity index (χ3v) is 6.73. The van der Waals surface area contributed by atoms with Crippen molar-refractivity contribution < 1.29 is 18.3 Å². The number of hydrogen-bond donors (Lipinski definition) is 1. The molecular formula is C28H28BrFN4O3. The van der Waals surface area contributed by atoms with Gasteiger partial charge in [0.2, 0.25) is 5.71 Å². The van der Waals surface area contributed by atoms with E-state index in [1.165, 1.54) is 18.5 Å². The second kappa shape index (κ2) is 10.2. The molecule has 1 fully saturated rings. The molecule has 4 aromatic rings. The second-order valence-corrected chi connectivity index (χ2v) is 10.9. The maximum atomic E-state index is 13.9. The Morgan fingerprint density at radius 2 is 1.70 bits per heavy atom. The molecule has 1 N–H and O–H groups in total. The topological polar surface area (TPSA) is 80.5 Å². The number of aromatic nitrogens is 2. The molecule has 37 heavy (non-hydrogen) atoms. The minimum atomic E-state index is -0.687. The largest absolute Gasteiger partial charge is 0.443 e. The second-order valence-electron chi connectivity index (χ2n) is 10.0. The van der Waals surface area contributed by atoms with Crippen molar-refractivity contribution in [3.05, 3.63) is 65.1 Å². The summed E-state index contributed by atoms with van der Waals surface area (Å²) >= 11 is 3.48. The molecule has 1 aliphatic heterocycles. The zero-order valence-corrected chi connectivity index (χ0v) is 22.5. The number of anilines is 1. The third-order valence-electron chi connectivity index (χ3n) is 6.20. The van der Waals surface area contributed by atoms with E-state index in [9.17, 15) is 9.18 Å². The normalized spacial score (nSPS) is 14.6. The molecule has 7 nitrogen and oxygen atoms in total. The molecule has 0 aliphatic carbocycles. The Morgan fingerprint density at radius 1 is 1.05 bits per heavy atom. The van der Waals surface area contributed by atoms with E-state index in [2.05, 4.69) is 31.2 Å². The maximum Gasteiger partial charge on any atom is 0.416 e. The molecule has 0 bridgehead atoms. The van der Waals surface area contributed by atoms with E-state index in [-0.39, 0.29) is 11.9 Å². The van der Waals surface area contributed by atoms with Gasteiger partial charge in [-0.25, -0.2) is 19.2 Å². The van der Waals surface area contributed by atoms with Crippen LogP contribution >= 0.6 is 15.9 Å². The van der Waals surface area contributed by atoms with Crippen LogP contribution in [0.1, 0.15) is 33.6 Å². The Hall–Kier alpha value is -3.30. The van der Waals surface area contributed by atoms with Crippen LogP contribution in [-0.2, 0) is 4.74 Å². The number of hydrogen-bond acceptors (Lipinski definition) is 6. The highest BCUT2D eigenvalue weighted by atomic mass is 79.9. The first kappa shape index (κ1) is 25.4. The number of furan rings is 1. The fraction of sp³-hybridized carbons (Fsp3) is 0.321. The number of halogens is 2. The van der Waals surface area contributed by atoms with Crippen LogP contribution in [0.3, 0.4) is 0 Å². The van der Waals surface area contributed by atoms with Crippen LogP contribution in [0.5, 0.6) is 0 Å². The van der Waals surface area contributed by atoms with Crippen LogP contribution in [-0.4, -0.2) is 40.8 Å². The molecule has 5 rings (SSSR count). The number of amides is 1. The lowest BCUT2D eigenvalue weighted by Gasteiger charge is -2.35. The lowest BCUT2D eigenvalue weighted by molar-refractivity contribution is 0.0558. The van der Waals surface area contributed by atoms with Crippen LogP contribution in [0.25, 0.3) is 33.6 Å². The van der Waals surface area contributed by atoms with Crippen molar-refractivity contribution in [3.63, 3.8) is 0 Å². The fourth-order valence-electron chi connectivity index (χ4n) is 4.58. The van der Waals surface area contributed by atoms with Gasteiger partial charge in [0.05, 0.1) is 5.39 Å². The number of nitrogens with zero attached hydrogens (tertiary/aromatic N) is 3. The van der Waals surface area contributed by atoms with Gasteiger partial charge in [0, 0.05) is 21.6 Å². The Morgan fingerprint density at radius 3 is 2.35 bits per heavy atom. The molecule has 0 atom stereocenters. The van der Waals surface area contributed by atoms with Crippen molar-refractivity contribution in [2.45, 2.75) is 45.3 Å². The first-order valence-electron chi connectivity index (χ1n) is 12.2. The Balaban J connectivity index is 1.77. The summed E-state index contributed by atoms with van der Waals surface area (Å²) in [5.41, 5.74) is 1.88. The predicted octanol–water partition coefficient (Wildman–Crippen LogP) is 6.95. The quantitative estimate of drug-likeness (QED) is 0.288. The van der Waals surface area contributed by atoms with Gasteiger partial charge in [-0.3, -0.25) is 4.90 Å². The van der Waals surface area contributed by atoms with Crippen molar-refractivity contribution in [1.82, 2.24) is 15.3 Å². The molecule has 1 aliphatic rings. The van der Waals surface area contributed by atoms with Crippen LogP contribution in [0.15, 0.2) is 63.7 Å². The Bertz CT molecular complexity index is 1410. The van der Waals surface area contributed by atoms with E-state index in [0.717, 1.165) is 41.5 Å². The van der Waals surface area contributed by atoms with E-state index in [1.807, 2.05) is 45.0 Å². The summed E-state index contributed by atoms with van der Waals surface area (Å²) in [4.78, 5) is 24.3. The summed E-state index contributed by atoms with van der Waals surface area (Å²) in [5.74, 6) is 0.631. The van der Waals surface area contributed by atoms with Gasteiger partial charge in [-0.1, -0.05) is 40.2 Å². The first-order chi connectivity index (χ1) is 17.7. The summed E-state index contributed by atoms with van der Waals surface area (Å²) in [6.07, 6.45) is 2.41. The molecule has 9 heteroatoms. The number of fused-ring (bicyclic) bond motifs is 1. The van der Waals surface area contributed by atoms with Crippen LogP contribution < -0.4 is 10.2 Å². The maximum absolute atomic E-state index is 13.9. The first-order valence-corrected chi connectivity index (χ1v) is 13.0. The molecule has 0 radical (unpaired) electrons. The molecule has 2 aromatic heterocycles. The highest BCUT2D eigenvalue weighted by Gasteiger charge is 2.35. The van der Waals surface area contributed by atoms with E-state index in [1.54, 1.807) is 17.0 Å². The van der Waals surface area contributed by atoms with Gasteiger partial charge in [0.15, 0.2) is 5.82 Å². The summed E-state index contributed by atoms with van der Waals surface area (Å²) in [5, 5.41) is 3.93. The molecular weight excluding hydrogens is 539 g/mol. The molecule has 192 valence electrons. The van der Waals surface area contributed by atoms with Crippen LogP contribution in [0, 0.1) is 5.82 Å². The Labute approximate surface area is 223 Å². The fourth-order valence-corrected chi connectivity index (χ4v) is 4.85. The van der Waals surface area contributed by atoms with Crippen molar-refractivity contribution in [2.75, 3.05) is 18.0 Å². The van der Waals surface area contributed by atoms with E-state index < -0.39 is 11.7 Å². The van der Waals surface area contributed by atoms with Gasteiger partial charge < -0.3 is 14.5 Å². The minimum absolute atomic E-state index is 0.124. The molecule has 1 amide bonds. The van der Waals surface area contributed by atoms with Gasteiger partial charge in [0.1, 0.15) is 23.5 Å². The van der Waals surface area contributed by atoms with E-state index in [0.29, 0.717) is 28.2 Å². The van der Waals surface area contributed by atoms with E-state index >= 15 is 0 Å². The van der Waals surface area contributed by atoms with E-state index in [4.69, 9.17) is 9.15 Å². The molecule has 0 saturated carbocycles. The SMILES string of the molecule is CC(C)(C)OC(=O)N(c1ncnc2oc(-c3ccc(Br)cc3)c(-c3ccc(F)cc3)c12)C1CCNCC1. The molecule has 0 unspecified atom stereocenters. The average molecular weight is 567 g/mol. The standard InChI is InChI=1S/C28H28BrFN4O3/c1-28(2,3)37-27(35)34(21-12-14-31-15-13-21)25-23-22(17-6-10-20(30)11-7-17)24(36-26(23)33-16-32-25)18-4-8-19(29)9-5-18/h4-11,16,21,31H,12-15H2,1-3H3. The number of ether oxygens (including phenoxy) is 1. The number of rotatable bonds is 4. The summed E-state index contributed by atoms with van der Waals surface area (Å²) < 4.78 is 27.0. The highest BCUT2D eigenvalue weighted by Crippen LogP contribution is 2.44. The Kier molecular flexibility index (Phi) is 7.00. The van der Waals surface area contributed by atoms with Gasteiger partial charge in [0.25, 0.3) is 0 Å². The smallest absolute Gasteiger partial charge is 0.416 e. The molecule has 0 spiro atoms. The predicted molar refractivity (Wildman–Crippen MR) is 145 cm³/mol. The highest BCUT2D eigenvalue weighted by molar-refractivity contribution is 9.10. The average Bonchev–Trinajstić information content (AvgIpc) is 3.25. The van der Waals surface area contributed by atoms with Crippen LogP contribution in [0.4, 0.5) is 15.0 Å². The van der Waals surface area contributed by atoms with Gasteiger partial charge in [-0.05, 0) is 76.5 Å². The lowest BCUT2D eigenvalue weighted by Crippen LogP contribution is -2.48.